The second kappa shape index (κ2) is 9.19. The lowest BCUT2D eigenvalue weighted by Crippen LogP contribution is -2.41. The van der Waals surface area contributed by atoms with E-state index in [-0.39, 0.29) is 17.2 Å². The van der Waals surface area contributed by atoms with Gasteiger partial charge < -0.3 is 9.26 Å². The largest absolute Gasteiger partial charge is 0.456 e. The van der Waals surface area contributed by atoms with Crippen molar-refractivity contribution in [3.8, 4) is 5.82 Å². The van der Waals surface area contributed by atoms with Crippen LogP contribution in [0.25, 0.3) is 5.82 Å². The molecule has 1 saturated heterocycles. The number of rotatable bonds is 7. The molecule has 0 spiro atoms. The van der Waals surface area contributed by atoms with Gasteiger partial charge in [0, 0.05) is 29.6 Å². The molecule has 1 aromatic carbocycles. The molecule has 1 atom stereocenters. The molecule has 1 aliphatic rings. The van der Waals surface area contributed by atoms with Gasteiger partial charge >= 0.3 is 5.97 Å². The Kier molecular flexibility index (Phi) is 6.46. The first-order valence-corrected chi connectivity index (χ1v) is 12.4. The highest BCUT2D eigenvalue weighted by Crippen LogP contribution is 2.27. The van der Waals surface area contributed by atoms with Crippen LogP contribution in [0.3, 0.4) is 0 Å². The molecule has 180 valence electrons. The van der Waals surface area contributed by atoms with Crippen molar-refractivity contribution < 1.29 is 27.3 Å². The average Bonchev–Trinajstić information content (AvgIpc) is 3.51. The van der Waals surface area contributed by atoms with E-state index in [0.717, 1.165) is 11.3 Å². The fourth-order valence-corrected chi connectivity index (χ4v) is 5.92. The molecule has 0 amide bonds. The van der Waals surface area contributed by atoms with Gasteiger partial charge in [0.25, 0.3) is 0 Å². The molecule has 4 rings (SSSR count). The molecule has 0 bridgehead atoms. The summed E-state index contributed by atoms with van der Waals surface area (Å²) in [7, 11) is -3.85. The predicted octanol–water partition coefficient (Wildman–Crippen LogP) is 3.28. The van der Waals surface area contributed by atoms with Crippen molar-refractivity contribution in [1.82, 2.24) is 14.0 Å². The van der Waals surface area contributed by atoms with Crippen molar-refractivity contribution >= 4 is 21.8 Å². The number of carbonyl (C=O) groups is 2. The summed E-state index contributed by atoms with van der Waals surface area (Å²) in [5.41, 5.74) is 2.78. The molecule has 9 nitrogen and oxygen atoms in total. The summed E-state index contributed by atoms with van der Waals surface area (Å²) in [4.78, 5) is 25.8. The zero-order chi connectivity index (χ0) is 24.6. The van der Waals surface area contributed by atoms with Crippen LogP contribution in [-0.4, -0.2) is 53.4 Å². The lowest BCUT2D eigenvalue weighted by molar-refractivity contribution is -0.146. The smallest absolute Gasteiger partial charge is 0.324 e. The maximum atomic E-state index is 13.1. The van der Waals surface area contributed by atoms with Crippen molar-refractivity contribution in [2.75, 3.05) is 13.2 Å². The number of hydrogen-bond donors (Lipinski definition) is 0. The van der Waals surface area contributed by atoms with Crippen LogP contribution in [0, 0.1) is 27.7 Å². The maximum Gasteiger partial charge on any atom is 0.324 e. The third-order valence-corrected chi connectivity index (χ3v) is 7.95. The molecular formula is C24H27N3O6S. The zero-order valence-electron chi connectivity index (χ0n) is 19.6. The van der Waals surface area contributed by atoms with E-state index in [9.17, 15) is 18.0 Å². The van der Waals surface area contributed by atoms with E-state index in [2.05, 4.69) is 5.16 Å². The molecule has 10 heteroatoms. The topological polar surface area (TPSA) is 112 Å². The number of esters is 1. The van der Waals surface area contributed by atoms with Gasteiger partial charge in [-0.2, -0.15) is 4.31 Å². The summed E-state index contributed by atoms with van der Waals surface area (Å²) in [5, 5.41) is 4.00. The Balaban J connectivity index is 1.46. The average molecular weight is 486 g/mol. The number of aryl methyl sites for hydroxylation is 3. The van der Waals surface area contributed by atoms with E-state index in [1.165, 1.54) is 16.4 Å². The van der Waals surface area contributed by atoms with E-state index < -0.39 is 28.6 Å². The van der Waals surface area contributed by atoms with Gasteiger partial charge in [-0.15, -0.1) is 0 Å². The Morgan fingerprint density at radius 1 is 1.12 bits per heavy atom. The van der Waals surface area contributed by atoms with Crippen molar-refractivity contribution in [1.29, 1.82) is 0 Å². The SMILES string of the molecule is Cc1ccc(S(=O)(=O)N2CCCC2C(=O)OCC(=O)c2cc(C)n(-c3cc(C)on3)c2C)cc1. The summed E-state index contributed by atoms with van der Waals surface area (Å²) in [5.74, 6) is 0.110. The first-order valence-electron chi connectivity index (χ1n) is 11.0. The minimum Gasteiger partial charge on any atom is -0.456 e. The monoisotopic (exact) mass is 485 g/mol. The Morgan fingerprint density at radius 2 is 1.82 bits per heavy atom. The minimum atomic E-state index is -3.85. The van der Waals surface area contributed by atoms with Gasteiger partial charge in [0.15, 0.2) is 12.4 Å². The van der Waals surface area contributed by atoms with Gasteiger partial charge in [0.05, 0.1) is 4.90 Å². The van der Waals surface area contributed by atoms with Crippen LogP contribution in [-0.2, 0) is 19.6 Å². The molecular weight excluding hydrogens is 458 g/mol. The van der Waals surface area contributed by atoms with E-state index in [1.807, 2.05) is 13.8 Å². The Hall–Kier alpha value is -3.24. The normalized spacial score (nSPS) is 16.6. The van der Waals surface area contributed by atoms with Crippen LogP contribution < -0.4 is 0 Å². The van der Waals surface area contributed by atoms with E-state index in [4.69, 9.17) is 9.26 Å². The Labute approximate surface area is 198 Å². The number of sulfonamides is 1. The van der Waals surface area contributed by atoms with Gasteiger partial charge in [-0.3, -0.25) is 14.2 Å². The lowest BCUT2D eigenvalue weighted by atomic mass is 10.1. The predicted molar refractivity (Wildman–Crippen MR) is 123 cm³/mol. The molecule has 1 aliphatic heterocycles. The first-order chi connectivity index (χ1) is 16.1. The third-order valence-electron chi connectivity index (χ3n) is 6.03. The quantitative estimate of drug-likeness (QED) is 0.373. The molecule has 0 saturated carbocycles. The van der Waals surface area contributed by atoms with Gasteiger partial charge in [-0.05, 0) is 58.7 Å². The fraction of sp³-hybridized carbons (Fsp3) is 0.375. The molecule has 0 aliphatic carbocycles. The Bertz CT molecular complexity index is 1340. The number of carbonyl (C=O) groups excluding carboxylic acids is 2. The van der Waals surface area contributed by atoms with Gasteiger partial charge in [-0.25, -0.2) is 8.42 Å². The van der Waals surface area contributed by atoms with E-state index >= 15 is 0 Å². The number of ketones is 1. The number of Topliss-reactive ketones (excluding diaryl/α,β-unsaturated/α-hetero) is 1. The lowest BCUT2D eigenvalue weighted by Gasteiger charge is -2.22. The van der Waals surface area contributed by atoms with Crippen LogP contribution in [0.4, 0.5) is 0 Å². The van der Waals surface area contributed by atoms with Gasteiger partial charge in [0.2, 0.25) is 15.8 Å². The number of nitrogens with zero attached hydrogens (tertiary/aromatic N) is 3. The summed E-state index contributed by atoms with van der Waals surface area (Å²) in [6, 6.07) is 9.00. The second-order valence-corrected chi connectivity index (χ2v) is 10.4. The summed E-state index contributed by atoms with van der Waals surface area (Å²) in [6.07, 6.45) is 0.884. The molecule has 34 heavy (non-hydrogen) atoms. The van der Waals surface area contributed by atoms with Crippen LogP contribution >= 0.6 is 0 Å². The number of ether oxygens (including phenoxy) is 1. The minimum absolute atomic E-state index is 0.129. The molecule has 0 radical (unpaired) electrons. The zero-order valence-corrected chi connectivity index (χ0v) is 20.4. The molecule has 0 N–H and O–H groups in total. The molecule has 3 aromatic rings. The molecule has 1 unspecified atom stereocenters. The molecule has 1 fully saturated rings. The molecule has 2 aromatic heterocycles. The van der Waals surface area contributed by atoms with E-state index in [1.54, 1.807) is 42.7 Å². The van der Waals surface area contributed by atoms with Crippen molar-refractivity contribution in [2.24, 2.45) is 0 Å². The number of aromatic nitrogens is 2. The highest BCUT2D eigenvalue weighted by atomic mass is 32.2. The number of benzene rings is 1. The van der Waals surface area contributed by atoms with Gasteiger partial charge in [0.1, 0.15) is 11.8 Å². The highest BCUT2D eigenvalue weighted by Gasteiger charge is 2.40. The molecule has 3 heterocycles. The van der Waals surface area contributed by atoms with Crippen LogP contribution in [0.15, 0.2) is 45.8 Å². The summed E-state index contributed by atoms with van der Waals surface area (Å²) in [6.45, 7) is 7.01. The van der Waals surface area contributed by atoms with Crippen LogP contribution in [0.1, 0.15) is 45.9 Å². The van der Waals surface area contributed by atoms with E-state index in [0.29, 0.717) is 35.7 Å². The van der Waals surface area contributed by atoms with Crippen molar-refractivity contribution in [2.45, 2.75) is 51.5 Å². The van der Waals surface area contributed by atoms with Crippen LogP contribution in [0.2, 0.25) is 0 Å². The standard InChI is InChI=1S/C24H27N3O6S/c1-15-7-9-19(10-8-15)34(30,31)26-11-5-6-21(26)24(29)32-14-22(28)20-12-16(2)27(18(20)4)23-13-17(3)33-25-23/h7-10,12-13,21H,5-6,11,14H2,1-4H3. The van der Waals surface area contributed by atoms with Crippen LogP contribution in [0.5, 0.6) is 0 Å². The summed E-state index contributed by atoms with van der Waals surface area (Å²) >= 11 is 0. The van der Waals surface area contributed by atoms with Gasteiger partial charge in [-0.1, -0.05) is 22.9 Å². The third kappa shape index (κ3) is 4.43. The Morgan fingerprint density at radius 3 is 2.47 bits per heavy atom. The van der Waals surface area contributed by atoms with Crippen molar-refractivity contribution in [3.05, 3.63) is 64.7 Å². The fourth-order valence-electron chi connectivity index (χ4n) is 4.28. The second-order valence-electron chi connectivity index (χ2n) is 8.53. The summed E-state index contributed by atoms with van der Waals surface area (Å²) < 4.78 is 39.5. The number of hydrogen-bond acceptors (Lipinski definition) is 7. The first kappa shape index (κ1) is 23.9. The highest BCUT2D eigenvalue weighted by molar-refractivity contribution is 7.89. The van der Waals surface area contributed by atoms with Crippen molar-refractivity contribution in [3.63, 3.8) is 0 Å². The maximum absolute atomic E-state index is 13.1.